The number of carboxylic acid groups (broad SMARTS) is 1. The van der Waals surface area contributed by atoms with E-state index in [0.717, 1.165) is 13.0 Å². The van der Waals surface area contributed by atoms with Crippen LogP contribution in [-0.4, -0.2) is 54.4 Å². The first-order valence-electron chi connectivity index (χ1n) is 6.23. The Morgan fingerprint density at radius 2 is 2.17 bits per heavy atom. The van der Waals surface area contributed by atoms with E-state index in [4.69, 9.17) is 9.84 Å². The predicted molar refractivity (Wildman–Crippen MR) is 66.4 cm³/mol. The van der Waals surface area contributed by atoms with Crippen LogP contribution in [0.15, 0.2) is 0 Å². The van der Waals surface area contributed by atoms with Crippen molar-refractivity contribution < 1.29 is 19.4 Å². The lowest BCUT2D eigenvalue weighted by molar-refractivity contribution is -0.139. The molecule has 2 N–H and O–H groups in total. The number of urea groups is 1. The monoisotopic (exact) mass is 258 g/mol. The van der Waals surface area contributed by atoms with Crippen LogP contribution in [0.5, 0.6) is 0 Å². The van der Waals surface area contributed by atoms with Crippen molar-refractivity contribution in [3.8, 4) is 0 Å². The van der Waals surface area contributed by atoms with Crippen molar-refractivity contribution in [1.82, 2.24) is 10.2 Å². The fourth-order valence-corrected chi connectivity index (χ4v) is 2.32. The molecule has 0 aromatic rings. The Morgan fingerprint density at radius 3 is 2.61 bits per heavy atom. The Labute approximate surface area is 107 Å². The van der Waals surface area contributed by atoms with Crippen molar-refractivity contribution in [2.75, 3.05) is 20.2 Å². The Hall–Kier alpha value is -1.30. The Bertz CT molecular complexity index is 308. The summed E-state index contributed by atoms with van der Waals surface area (Å²) >= 11 is 0. The largest absolute Gasteiger partial charge is 0.481 e. The lowest BCUT2D eigenvalue weighted by Gasteiger charge is -2.23. The molecule has 18 heavy (non-hydrogen) atoms. The zero-order chi connectivity index (χ0) is 13.7. The molecule has 3 atom stereocenters. The second-order valence-corrected chi connectivity index (χ2v) is 4.98. The molecule has 0 saturated carbocycles. The van der Waals surface area contributed by atoms with Crippen molar-refractivity contribution in [3.05, 3.63) is 0 Å². The zero-order valence-corrected chi connectivity index (χ0v) is 11.2. The normalized spacial score (nSPS) is 24.9. The number of nitrogens with zero attached hydrogens (tertiary/aromatic N) is 1. The number of ether oxygens (including phenoxy) is 1. The molecule has 1 heterocycles. The first-order chi connectivity index (χ1) is 8.43. The smallest absolute Gasteiger partial charge is 0.317 e. The molecule has 0 spiro atoms. The highest BCUT2D eigenvalue weighted by molar-refractivity contribution is 5.75. The first-order valence-corrected chi connectivity index (χ1v) is 6.23. The molecule has 6 heteroatoms. The maximum absolute atomic E-state index is 11.9. The van der Waals surface area contributed by atoms with E-state index in [1.54, 1.807) is 4.90 Å². The Morgan fingerprint density at radius 1 is 1.50 bits per heavy atom. The number of carbonyl (C=O) groups excluding carboxylic acids is 1. The maximum Gasteiger partial charge on any atom is 0.317 e. The SMILES string of the molecule is COC(CNC(=O)N1CC(C)CC1C)CC(=O)O. The molecule has 1 rings (SSSR count). The summed E-state index contributed by atoms with van der Waals surface area (Å²) in [6.45, 7) is 5.11. The molecule has 3 unspecified atom stereocenters. The molecule has 104 valence electrons. The van der Waals surface area contributed by atoms with Gasteiger partial charge in [0.2, 0.25) is 0 Å². The summed E-state index contributed by atoms with van der Waals surface area (Å²) in [7, 11) is 1.44. The minimum absolute atomic E-state index is 0.108. The number of carbonyl (C=O) groups is 2. The van der Waals surface area contributed by atoms with E-state index in [0.29, 0.717) is 5.92 Å². The van der Waals surface area contributed by atoms with Gasteiger partial charge in [0, 0.05) is 26.2 Å². The van der Waals surface area contributed by atoms with E-state index in [9.17, 15) is 9.59 Å². The van der Waals surface area contributed by atoms with E-state index in [2.05, 4.69) is 12.2 Å². The maximum atomic E-state index is 11.9. The fraction of sp³-hybridized carbons (Fsp3) is 0.833. The second-order valence-electron chi connectivity index (χ2n) is 4.98. The van der Waals surface area contributed by atoms with Gasteiger partial charge in [-0.25, -0.2) is 4.79 Å². The highest BCUT2D eigenvalue weighted by Crippen LogP contribution is 2.21. The van der Waals surface area contributed by atoms with Gasteiger partial charge in [-0.15, -0.1) is 0 Å². The number of aliphatic carboxylic acids is 1. The quantitative estimate of drug-likeness (QED) is 0.768. The lowest BCUT2D eigenvalue weighted by Crippen LogP contribution is -2.45. The molecule has 1 fully saturated rings. The van der Waals surface area contributed by atoms with Crippen molar-refractivity contribution in [2.45, 2.75) is 38.8 Å². The van der Waals surface area contributed by atoms with E-state index in [1.807, 2.05) is 6.92 Å². The highest BCUT2D eigenvalue weighted by Gasteiger charge is 2.30. The topological polar surface area (TPSA) is 78.9 Å². The molecule has 6 nitrogen and oxygen atoms in total. The van der Waals surface area contributed by atoms with Crippen LogP contribution in [0, 0.1) is 5.92 Å². The van der Waals surface area contributed by atoms with Gasteiger partial charge in [-0.1, -0.05) is 6.92 Å². The molecule has 1 aliphatic rings. The third-order valence-corrected chi connectivity index (χ3v) is 3.26. The number of likely N-dealkylation sites (tertiary alicyclic amines) is 1. The van der Waals surface area contributed by atoms with E-state index < -0.39 is 12.1 Å². The molecule has 0 aromatic carbocycles. The number of hydrogen-bond acceptors (Lipinski definition) is 3. The van der Waals surface area contributed by atoms with Crippen LogP contribution in [0.4, 0.5) is 4.79 Å². The summed E-state index contributed by atoms with van der Waals surface area (Å²) < 4.78 is 5.01. The molecular weight excluding hydrogens is 236 g/mol. The van der Waals surface area contributed by atoms with Gasteiger partial charge < -0.3 is 20.1 Å². The average Bonchev–Trinajstić information content (AvgIpc) is 2.62. The van der Waals surface area contributed by atoms with Crippen molar-refractivity contribution in [2.24, 2.45) is 5.92 Å². The standard InChI is InChI=1S/C12H22N2O4/c1-8-4-9(2)14(7-8)12(17)13-6-10(18-3)5-11(15)16/h8-10H,4-7H2,1-3H3,(H,13,17)(H,15,16). The number of rotatable bonds is 5. The number of methoxy groups -OCH3 is 1. The third kappa shape index (κ3) is 4.18. The number of amides is 2. The summed E-state index contributed by atoms with van der Waals surface area (Å²) in [6, 6.07) is 0.0970. The molecular formula is C12H22N2O4. The average molecular weight is 258 g/mol. The van der Waals surface area contributed by atoms with Gasteiger partial charge in [-0.3, -0.25) is 4.79 Å². The van der Waals surface area contributed by atoms with Gasteiger partial charge in [0.1, 0.15) is 0 Å². The third-order valence-electron chi connectivity index (χ3n) is 3.26. The number of hydrogen-bond donors (Lipinski definition) is 2. The van der Waals surface area contributed by atoms with E-state index in [1.165, 1.54) is 7.11 Å². The van der Waals surface area contributed by atoms with Crippen molar-refractivity contribution in [1.29, 1.82) is 0 Å². The Balaban J connectivity index is 2.38. The first kappa shape index (κ1) is 14.8. The van der Waals surface area contributed by atoms with Gasteiger partial charge in [0.15, 0.2) is 0 Å². The van der Waals surface area contributed by atoms with E-state index >= 15 is 0 Å². The summed E-state index contributed by atoms with van der Waals surface area (Å²) in [5.41, 5.74) is 0. The minimum Gasteiger partial charge on any atom is -0.481 e. The number of nitrogens with one attached hydrogen (secondary N) is 1. The van der Waals surface area contributed by atoms with Gasteiger partial charge in [-0.2, -0.15) is 0 Å². The zero-order valence-electron chi connectivity index (χ0n) is 11.2. The molecule has 0 aliphatic carbocycles. The van der Waals surface area contributed by atoms with Crippen LogP contribution in [0.25, 0.3) is 0 Å². The van der Waals surface area contributed by atoms with Crippen LogP contribution in [-0.2, 0) is 9.53 Å². The van der Waals surface area contributed by atoms with E-state index in [-0.39, 0.29) is 25.0 Å². The van der Waals surface area contributed by atoms with Crippen LogP contribution >= 0.6 is 0 Å². The second kappa shape index (κ2) is 6.58. The molecule has 2 amide bonds. The molecule has 0 radical (unpaired) electrons. The van der Waals surface area contributed by atoms with Gasteiger partial charge in [0.05, 0.1) is 12.5 Å². The Kier molecular flexibility index (Phi) is 5.40. The van der Waals surface area contributed by atoms with Gasteiger partial charge in [0.25, 0.3) is 0 Å². The molecule has 1 saturated heterocycles. The molecule has 0 aromatic heterocycles. The number of carboxylic acids is 1. The highest BCUT2D eigenvalue weighted by atomic mass is 16.5. The summed E-state index contributed by atoms with van der Waals surface area (Å²) in [5.74, 6) is -0.415. The van der Waals surface area contributed by atoms with Crippen LogP contribution < -0.4 is 5.32 Å². The van der Waals surface area contributed by atoms with Crippen LogP contribution in [0.1, 0.15) is 26.7 Å². The fourth-order valence-electron chi connectivity index (χ4n) is 2.32. The molecule has 0 bridgehead atoms. The van der Waals surface area contributed by atoms with Gasteiger partial charge in [-0.05, 0) is 19.3 Å². The van der Waals surface area contributed by atoms with Crippen LogP contribution in [0.2, 0.25) is 0 Å². The summed E-state index contributed by atoms with van der Waals surface area (Å²) in [6.07, 6.45) is 0.417. The van der Waals surface area contributed by atoms with Crippen LogP contribution in [0.3, 0.4) is 0 Å². The minimum atomic E-state index is -0.931. The predicted octanol–water partition coefficient (Wildman–Crippen LogP) is 0.916. The van der Waals surface area contributed by atoms with Gasteiger partial charge >= 0.3 is 12.0 Å². The summed E-state index contributed by atoms with van der Waals surface area (Å²) in [4.78, 5) is 24.3. The lowest BCUT2D eigenvalue weighted by atomic mass is 10.1. The van der Waals surface area contributed by atoms with Crippen molar-refractivity contribution in [3.63, 3.8) is 0 Å². The molecule has 1 aliphatic heterocycles. The van der Waals surface area contributed by atoms with Crippen molar-refractivity contribution >= 4 is 12.0 Å². The summed E-state index contributed by atoms with van der Waals surface area (Å²) in [5, 5.41) is 11.4.